The fourth-order valence-electron chi connectivity index (χ4n) is 2.81. The van der Waals surface area contributed by atoms with Crippen LogP contribution in [0, 0.1) is 5.92 Å². The van der Waals surface area contributed by atoms with Crippen LogP contribution >= 0.6 is 24.0 Å². The summed E-state index contributed by atoms with van der Waals surface area (Å²) in [5.74, 6) is 2.42. The van der Waals surface area contributed by atoms with E-state index in [0.717, 1.165) is 44.6 Å². The number of halogens is 1. The van der Waals surface area contributed by atoms with Gasteiger partial charge in [0.2, 0.25) is 0 Å². The first-order valence-electron chi connectivity index (χ1n) is 9.04. The number of rotatable bonds is 9. The number of hydrogen-bond acceptors (Lipinski definition) is 2. The normalized spacial score (nSPS) is 22.6. The molecule has 2 atom stereocenters. The van der Waals surface area contributed by atoms with Gasteiger partial charge in [-0.1, -0.05) is 30.3 Å². The van der Waals surface area contributed by atoms with Crippen LogP contribution in [0.1, 0.15) is 44.1 Å². The van der Waals surface area contributed by atoms with Crippen LogP contribution in [0.15, 0.2) is 35.3 Å². The van der Waals surface area contributed by atoms with Crippen LogP contribution in [0.4, 0.5) is 0 Å². The summed E-state index contributed by atoms with van der Waals surface area (Å²) in [6.07, 6.45) is 4.90. The molecule has 4 nitrogen and oxygen atoms in total. The first-order chi connectivity index (χ1) is 11.4. The molecule has 2 N–H and O–H groups in total. The number of nitrogens with zero attached hydrogens (tertiary/aromatic N) is 1. The van der Waals surface area contributed by atoms with Crippen molar-refractivity contribution in [3.63, 3.8) is 0 Å². The van der Waals surface area contributed by atoms with Gasteiger partial charge in [0.15, 0.2) is 5.96 Å². The zero-order valence-electron chi connectivity index (χ0n) is 14.5. The van der Waals surface area contributed by atoms with Crippen LogP contribution < -0.4 is 10.6 Å². The molecule has 2 aliphatic carbocycles. The minimum Gasteiger partial charge on any atom is -0.381 e. The highest BCUT2D eigenvalue weighted by atomic mass is 127. The summed E-state index contributed by atoms with van der Waals surface area (Å²) in [4.78, 5) is 4.67. The van der Waals surface area contributed by atoms with E-state index in [1.54, 1.807) is 0 Å². The summed E-state index contributed by atoms with van der Waals surface area (Å²) in [5.41, 5.74) is 1.43. The second kappa shape index (κ2) is 10.2. The molecular formula is C19H30IN3O. The molecule has 2 unspecified atom stereocenters. The summed E-state index contributed by atoms with van der Waals surface area (Å²) in [6.45, 7) is 5.60. The Morgan fingerprint density at radius 1 is 1.25 bits per heavy atom. The van der Waals surface area contributed by atoms with E-state index in [1.807, 2.05) is 0 Å². The Morgan fingerprint density at radius 2 is 2.04 bits per heavy atom. The van der Waals surface area contributed by atoms with Crippen molar-refractivity contribution in [3.05, 3.63) is 35.9 Å². The first kappa shape index (κ1) is 19.5. The highest BCUT2D eigenvalue weighted by Crippen LogP contribution is 2.40. The van der Waals surface area contributed by atoms with Crippen molar-refractivity contribution >= 4 is 29.9 Å². The number of ether oxygens (including phenoxy) is 1. The molecule has 1 aromatic carbocycles. The first-order valence-corrected chi connectivity index (χ1v) is 9.04. The quantitative estimate of drug-likeness (QED) is 0.266. The highest BCUT2D eigenvalue weighted by Gasteiger charge is 2.38. The van der Waals surface area contributed by atoms with E-state index in [4.69, 9.17) is 4.74 Å². The molecule has 0 aliphatic heterocycles. The van der Waals surface area contributed by atoms with E-state index < -0.39 is 0 Å². The molecule has 3 rings (SSSR count). The molecule has 1 aromatic rings. The lowest BCUT2D eigenvalue weighted by atomic mass is 10.1. The number of aliphatic imine (C=N–C) groups is 1. The van der Waals surface area contributed by atoms with Crippen molar-refractivity contribution in [1.29, 1.82) is 0 Å². The van der Waals surface area contributed by atoms with Crippen LogP contribution in [0.3, 0.4) is 0 Å². The van der Waals surface area contributed by atoms with Crippen molar-refractivity contribution in [2.75, 3.05) is 26.3 Å². The predicted octanol–water partition coefficient (Wildman–Crippen LogP) is 3.53. The van der Waals surface area contributed by atoms with Crippen molar-refractivity contribution in [1.82, 2.24) is 10.6 Å². The van der Waals surface area contributed by atoms with Gasteiger partial charge in [0, 0.05) is 38.3 Å². The smallest absolute Gasteiger partial charge is 0.191 e. The number of benzene rings is 1. The van der Waals surface area contributed by atoms with Gasteiger partial charge in [-0.25, -0.2) is 0 Å². The third kappa shape index (κ3) is 6.59. The Balaban J connectivity index is 0.00000208. The fourth-order valence-corrected chi connectivity index (χ4v) is 2.81. The van der Waals surface area contributed by atoms with Crippen LogP contribution in [0.2, 0.25) is 0 Å². The van der Waals surface area contributed by atoms with Gasteiger partial charge in [-0.2, -0.15) is 0 Å². The molecule has 134 valence electrons. The topological polar surface area (TPSA) is 45.7 Å². The largest absolute Gasteiger partial charge is 0.381 e. The van der Waals surface area contributed by atoms with Crippen LogP contribution in [0.25, 0.3) is 0 Å². The molecule has 0 saturated heterocycles. The minimum absolute atomic E-state index is 0. The molecular weight excluding hydrogens is 413 g/mol. The molecule has 0 spiro atoms. The lowest BCUT2D eigenvalue weighted by Gasteiger charge is -2.11. The second-order valence-electron chi connectivity index (χ2n) is 6.64. The van der Waals surface area contributed by atoms with Gasteiger partial charge in [0.1, 0.15) is 0 Å². The molecule has 2 aliphatic rings. The van der Waals surface area contributed by atoms with Gasteiger partial charge in [-0.15, -0.1) is 24.0 Å². The van der Waals surface area contributed by atoms with E-state index >= 15 is 0 Å². The molecule has 24 heavy (non-hydrogen) atoms. The van der Waals surface area contributed by atoms with Gasteiger partial charge >= 0.3 is 0 Å². The fraction of sp³-hybridized carbons (Fsp3) is 0.632. The maximum absolute atomic E-state index is 5.66. The standard InChI is InChI=1S/C19H29N3O.HI/c1-2-20-19(21-11-6-12-23-14-15-9-10-15)22-18-13-17(18)16-7-4-3-5-8-16;/h3-5,7-8,15,17-18H,2,6,9-14H2,1H3,(H2,20,21,22);1H. The van der Waals surface area contributed by atoms with Crippen molar-refractivity contribution < 1.29 is 4.74 Å². The SMILES string of the molecule is CCNC(=NCCCOCC1CC1)NC1CC1c1ccccc1.I. The van der Waals surface area contributed by atoms with E-state index in [-0.39, 0.29) is 24.0 Å². The third-order valence-corrected chi connectivity index (χ3v) is 4.45. The van der Waals surface area contributed by atoms with Crippen LogP contribution in [0.5, 0.6) is 0 Å². The summed E-state index contributed by atoms with van der Waals surface area (Å²) >= 11 is 0. The van der Waals surface area contributed by atoms with E-state index in [2.05, 4.69) is 52.9 Å². The zero-order valence-corrected chi connectivity index (χ0v) is 16.9. The van der Waals surface area contributed by atoms with E-state index in [0.29, 0.717) is 12.0 Å². The molecule has 0 aromatic heterocycles. The molecule has 0 radical (unpaired) electrons. The summed E-state index contributed by atoms with van der Waals surface area (Å²) in [6, 6.07) is 11.3. The van der Waals surface area contributed by atoms with Crippen molar-refractivity contribution in [3.8, 4) is 0 Å². The third-order valence-electron chi connectivity index (χ3n) is 4.45. The molecule has 2 fully saturated rings. The molecule has 2 saturated carbocycles. The van der Waals surface area contributed by atoms with E-state index in [9.17, 15) is 0 Å². The second-order valence-corrected chi connectivity index (χ2v) is 6.64. The Kier molecular flexibility index (Phi) is 8.32. The average molecular weight is 443 g/mol. The molecule has 0 amide bonds. The Bertz CT molecular complexity index is 505. The molecule has 0 bridgehead atoms. The number of guanidine groups is 1. The van der Waals surface area contributed by atoms with Gasteiger partial charge < -0.3 is 15.4 Å². The van der Waals surface area contributed by atoms with E-state index in [1.165, 1.54) is 24.8 Å². The lowest BCUT2D eigenvalue weighted by molar-refractivity contribution is 0.123. The lowest BCUT2D eigenvalue weighted by Crippen LogP contribution is -2.39. The van der Waals surface area contributed by atoms with Crippen molar-refractivity contribution in [2.45, 2.75) is 44.6 Å². The number of hydrogen-bond donors (Lipinski definition) is 2. The minimum atomic E-state index is 0. The summed E-state index contributed by atoms with van der Waals surface area (Å²) in [7, 11) is 0. The average Bonchev–Trinajstić information content (AvgIpc) is 3.47. The highest BCUT2D eigenvalue weighted by molar-refractivity contribution is 14.0. The van der Waals surface area contributed by atoms with Crippen LogP contribution in [-0.4, -0.2) is 38.3 Å². The Labute approximate surface area is 162 Å². The van der Waals surface area contributed by atoms with Gasteiger partial charge in [-0.3, -0.25) is 4.99 Å². The van der Waals surface area contributed by atoms with Crippen molar-refractivity contribution in [2.24, 2.45) is 10.9 Å². The van der Waals surface area contributed by atoms with Crippen LogP contribution in [-0.2, 0) is 4.74 Å². The monoisotopic (exact) mass is 443 g/mol. The number of nitrogens with one attached hydrogen (secondary N) is 2. The predicted molar refractivity (Wildman–Crippen MR) is 110 cm³/mol. The summed E-state index contributed by atoms with van der Waals surface area (Å²) < 4.78 is 5.66. The Hall–Kier alpha value is -0.820. The van der Waals surface area contributed by atoms with Gasteiger partial charge in [0.25, 0.3) is 0 Å². The zero-order chi connectivity index (χ0) is 15.9. The Morgan fingerprint density at radius 3 is 2.75 bits per heavy atom. The molecule has 0 heterocycles. The maximum Gasteiger partial charge on any atom is 0.191 e. The molecule has 5 heteroatoms. The van der Waals surface area contributed by atoms with Gasteiger partial charge in [-0.05, 0) is 44.1 Å². The summed E-state index contributed by atoms with van der Waals surface area (Å²) in [5, 5.41) is 6.90. The van der Waals surface area contributed by atoms with Gasteiger partial charge in [0.05, 0.1) is 0 Å². The maximum atomic E-state index is 5.66.